The number of carbonyl (C=O) groups is 2. The van der Waals surface area contributed by atoms with Gasteiger partial charge in [-0.1, -0.05) is 6.92 Å². The summed E-state index contributed by atoms with van der Waals surface area (Å²) in [4.78, 5) is 22.8. The molecule has 27 heavy (non-hydrogen) atoms. The fraction of sp³-hybridized carbons (Fsp3) is 0.250. The minimum Gasteiger partial charge on any atom is -0.494 e. The normalized spacial score (nSPS) is 11.0. The molecule has 0 saturated heterocycles. The molecule has 0 aliphatic rings. The maximum absolute atomic E-state index is 12.2. The zero-order chi connectivity index (χ0) is 19.6. The molecule has 0 unspecified atom stereocenters. The van der Waals surface area contributed by atoms with Crippen molar-refractivity contribution in [2.45, 2.75) is 20.3 Å². The second-order valence-electron chi connectivity index (χ2n) is 5.52. The van der Waals surface area contributed by atoms with Crippen LogP contribution in [0.25, 0.3) is 0 Å². The van der Waals surface area contributed by atoms with Crippen molar-refractivity contribution in [3.8, 4) is 11.5 Å². The summed E-state index contributed by atoms with van der Waals surface area (Å²) in [6.07, 6.45) is 0.610. The van der Waals surface area contributed by atoms with Gasteiger partial charge in [-0.05, 0) is 67.4 Å². The largest absolute Gasteiger partial charge is 0.494 e. The quantitative estimate of drug-likeness (QED) is 0.522. The molecule has 0 atom stereocenters. The Bertz CT molecular complexity index is 798. The summed E-state index contributed by atoms with van der Waals surface area (Å²) in [5.74, 6) is -0.190. The van der Waals surface area contributed by atoms with Gasteiger partial charge < -0.3 is 14.6 Å². The smallest absolute Gasteiger partial charge is 0.341 e. The monoisotopic (exact) mass is 370 g/mol. The summed E-state index contributed by atoms with van der Waals surface area (Å²) in [7, 11) is 0. The van der Waals surface area contributed by atoms with Crippen LogP contribution in [0.15, 0.2) is 53.6 Å². The molecule has 1 amide bonds. The highest BCUT2D eigenvalue weighted by Gasteiger charge is 2.07. The van der Waals surface area contributed by atoms with Crippen LogP contribution < -0.4 is 14.9 Å². The molecule has 0 spiro atoms. The lowest BCUT2D eigenvalue weighted by molar-refractivity contribution is -0.139. The number of carboxylic acids is 1. The Kier molecular flexibility index (Phi) is 7.37. The van der Waals surface area contributed by atoms with E-state index in [0.29, 0.717) is 35.8 Å². The van der Waals surface area contributed by atoms with Crippen LogP contribution in [0.2, 0.25) is 0 Å². The third-order valence-electron chi connectivity index (χ3n) is 3.60. The van der Waals surface area contributed by atoms with Crippen LogP contribution in [0.4, 0.5) is 0 Å². The van der Waals surface area contributed by atoms with Crippen LogP contribution in [-0.2, 0) is 4.79 Å². The Morgan fingerprint density at radius 2 is 1.48 bits per heavy atom. The number of ether oxygens (including phenoxy) is 2. The molecule has 0 heterocycles. The second kappa shape index (κ2) is 9.96. The van der Waals surface area contributed by atoms with Crippen LogP contribution in [0.1, 0.15) is 36.2 Å². The Morgan fingerprint density at radius 1 is 0.926 bits per heavy atom. The van der Waals surface area contributed by atoms with Gasteiger partial charge in [0.25, 0.3) is 5.91 Å². The lowest BCUT2D eigenvalue weighted by Gasteiger charge is -2.08. The molecule has 2 aromatic carbocycles. The van der Waals surface area contributed by atoms with Crippen molar-refractivity contribution in [2.24, 2.45) is 5.10 Å². The van der Waals surface area contributed by atoms with Crippen molar-refractivity contribution in [1.29, 1.82) is 0 Å². The number of amides is 1. The van der Waals surface area contributed by atoms with Gasteiger partial charge in [0, 0.05) is 5.56 Å². The number of carboxylic acid groups (broad SMARTS) is 1. The summed E-state index contributed by atoms with van der Waals surface area (Å²) in [5, 5.41) is 12.8. The van der Waals surface area contributed by atoms with Crippen molar-refractivity contribution in [2.75, 3.05) is 13.2 Å². The molecule has 0 aliphatic heterocycles. The Labute approximate surface area is 157 Å². The zero-order valence-corrected chi connectivity index (χ0v) is 15.3. The second-order valence-corrected chi connectivity index (χ2v) is 5.52. The Balaban J connectivity index is 2.02. The number of hydrogen-bond donors (Lipinski definition) is 2. The average Bonchev–Trinajstić information content (AvgIpc) is 2.68. The minimum atomic E-state index is -1.04. The Morgan fingerprint density at radius 3 is 2.00 bits per heavy atom. The highest BCUT2D eigenvalue weighted by Crippen LogP contribution is 2.14. The SMILES string of the molecule is CCOc1ccc(C(=O)N/N=C(/CC)c2ccc(OCC(=O)O)cc2)cc1. The van der Waals surface area contributed by atoms with Crippen LogP contribution in [0.3, 0.4) is 0 Å². The number of aliphatic carboxylic acids is 1. The molecule has 0 fully saturated rings. The maximum atomic E-state index is 12.2. The first-order chi connectivity index (χ1) is 13.0. The van der Waals surface area contributed by atoms with E-state index < -0.39 is 12.6 Å². The van der Waals surface area contributed by atoms with Gasteiger partial charge in [-0.3, -0.25) is 4.79 Å². The molecular weight excluding hydrogens is 348 g/mol. The molecule has 2 N–H and O–H groups in total. The van der Waals surface area contributed by atoms with E-state index in [9.17, 15) is 9.59 Å². The van der Waals surface area contributed by atoms with Gasteiger partial charge in [0.05, 0.1) is 12.3 Å². The summed E-state index contributed by atoms with van der Waals surface area (Å²) in [6, 6.07) is 13.7. The maximum Gasteiger partial charge on any atom is 0.341 e. The van der Waals surface area contributed by atoms with E-state index in [1.807, 2.05) is 13.8 Å². The fourth-order valence-corrected chi connectivity index (χ4v) is 2.29. The molecule has 7 heteroatoms. The summed E-state index contributed by atoms with van der Waals surface area (Å²) in [6.45, 7) is 3.99. The molecule has 2 rings (SSSR count). The van der Waals surface area contributed by atoms with Crippen LogP contribution in [0.5, 0.6) is 11.5 Å². The first-order valence-corrected chi connectivity index (χ1v) is 8.58. The number of benzene rings is 2. The first-order valence-electron chi connectivity index (χ1n) is 8.58. The third kappa shape index (κ3) is 6.14. The van der Waals surface area contributed by atoms with Crippen LogP contribution >= 0.6 is 0 Å². The van der Waals surface area contributed by atoms with E-state index in [1.165, 1.54) is 0 Å². The standard InChI is InChI=1S/C20H22N2O5/c1-3-18(14-5-9-17(10-6-14)27-13-19(23)24)21-22-20(25)15-7-11-16(12-8-15)26-4-2/h5-12H,3-4,13H2,1-2H3,(H,22,25)(H,23,24)/b21-18-. The van der Waals surface area contributed by atoms with Crippen molar-refractivity contribution in [3.63, 3.8) is 0 Å². The molecule has 0 saturated carbocycles. The highest BCUT2D eigenvalue weighted by atomic mass is 16.5. The van der Waals surface area contributed by atoms with Gasteiger partial charge in [0.15, 0.2) is 6.61 Å². The molecule has 0 bridgehead atoms. The van der Waals surface area contributed by atoms with Gasteiger partial charge >= 0.3 is 5.97 Å². The highest BCUT2D eigenvalue weighted by molar-refractivity contribution is 6.02. The molecule has 0 aliphatic carbocycles. The van der Waals surface area contributed by atoms with Gasteiger partial charge in [-0.2, -0.15) is 5.10 Å². The number of carbonyl (C=O) groups excluding carboxylic acids is 1. The van der Waals surface area contributed by atoms with Crippen molar-refractivity contribution >= 4 is 17.6 Å². The van der Waals surface area contributed by atoms with Crippen molar-refractivity contribution in [3.05, 3.63) is 59.7 Å². The molecule has 0 aromatic heterocycles. The van der Waals surface area contributed by atoms with E-state index in [0.717, 1.165) is 5.56 Å². The zero-order valence-electron chi connectivity index (χ0n) is 15.3. The number of nitrogens with one attached hydrogen (secondary N) is 1. The van der Waals surface area contributed by atoms with E-state index in [1.54, 1.807) is 48.5 Å². The predicted molar refractivity (Wildman–Crippen MR) is 101 cm³/mol. The van der Waals surface area contributed by atoms with Crippen molar-refractivity contribution < 1.29 is 24.2 Å². The molecule has 142 valence electrons. The van der Waals surface area contributed by atoms with E-state index in [2.05, 4.69) is 10.5 Å². The average molecular weight is 370 g/mol. The number of hydrazone groups is 1. The van der Waals surface area contributed by atoms with E-state index >= 15 is 0 Å². The van der Waals surface area contributed by atoms with Crippen LogP contribution in [0, 0.1) is 0 Å². The van der Waals surface area contributed by atoms with Crippen LogP contribution in [-0.4, -0.2) is 35.9 Å². The Hall–Kier alpha value is -3.35. The van der Waals surface area contributed by atoms with Gasteiger partial charge in [-0.25, -0.2) is 10.2 Å². The number of hydrogen-bond acceptors (Lipinski definition) is 5. The fourth-order valence-electron chi connectivity index (χ4n) is 2.29. The summed E-state index contributed by atoms with van der Waals surface area (Å²) >= 11 is 0. The van der Waals surface area contributed by atoms with Gasteiger partial charge in [0.2, 0.25) is 0 Å². The van der Waals surface area contributed by atoms with E-state index in [4.69, 9.17) is 14.6 Å². The summed E-state index contributed by atoms with van der Waals surface area (Å²) < 4.78 is 10.5. The first kappa shape index (κ1) is 20.0. The number of nitrogens with zero attached hydrogens (tertiary/aromatic N) is 1. The molecule has 7 nitrogen and oxygen atoms in total. The molecule has 2 aromatic rings. The van der Waals surface area contributed by atoms with E-state index in [-0.39, 0.29) is 5.91 Å². The van der Waals surface area contributed by atoms with Crippen molar-refractivity contribution in [1.82, 2.24) is 5.43 Å². The molecular formula is C20H22N2O5. The summed E-state index contributed by atoms with van der Waals surface area (Å²) in [5.41, 5.74) is 4.54. The number of rotatable bonds is 9. The predicted octanol–water partition coefficient (Wildman–Crippen LogP) is 3.09. The van der Waals surface area contributed by atoms with Gasteiger partial charge in [-0.15, -0.1) is 0 Å². The van der Waals surface area contributed by atoms with Gasteiger partial charge in [0.1, 0.15) is 11.5 Å². The third-order valence-corrected chi connectivity index (χ3v) is 3.60. The molecule has 0 radical (unpaired) electrons. The lowest BCUT2D eigenvalue weighted by Crippen LogP contribution is -2.20. The minimum absolute atomic E-state index is 0.314. The topological polar surface area (TPSA) is 97.2 Å². The lowest BCUT2D eigenvalue weighted by atomic mass is 10.1.